The minimum atomic E-state index is -0.238. The van der Waals surface area contributed by atoms with Gasteiger partial charge < -0.3 is 9.64 Å². The Kier molecular flexibility index (Phi) is 4.95. The lowest BCUT2D eigenvalue weighted by atomic mass is 10.2. The summed E-state index contributed by atoms with van der Waals surface area (Å²) in [5.74, 6) is -0.383. The number of hydrogen-bond donors (Lipinski definition) is 0. The SMILES string of the molecule is CCOC(=O)[C@@H](C)N1CCN(c2ccccc2F)CC1. The number of nitrogens with zero attached hydrogens (tertiary/aromatic N) is 2. The van der Waals surface area contributed by atoms with Crippen molar-refractivity contribution in [1.29, 1.82) is 0 Å². The van der Waals surface area contributed by atoms with Crippen LogP contribution in [0.3, 0.4) is 0 Å². The molecular weight excluding hydrogens is 259 g/mol. The molecule has 0 aliphatic carbocycles. The van der Waals surface area contributed by atoms with E-state index in [-0.39, 0.29) is 17.8 Å². The van der Waals surface area contributed by atoms with E-state index < -0.39 is 0 Å². The smallest absolute Gasteiger partial charge is 0.323 e. The Morgan fingerprint density at radius 2 is 1.95 bits per heavy atom. The quantitative estimate of drug-likeness (QED) is 0.789. The molecule has 1 saturated heterocycles. The summed E-state index contributed by atoms with van der Waals surface area (Å²) in [7, 11) is 0. The molecule has 0 amide bonds. The van der Waals surface area contributed by atoms with E-state index in [1.54, 1.807) is 19.1 Å². The summed E-state index contributed by atoms with van der Waals surface area (Å²) in [5.41, 5.74) is 0.635. The van der Waals surface area contributed by atoms with E-state index in [0.717, 1.165) is 13.1 Å². The number of ether oxygens (including phenoxy) is 1. The Morgan fingerprint density at radius 3 is 2.55 bits per heavy atom. The number of rotatable bonds is 4. The first kappa shape index (κ1) is 14.8. The first-order valence-electron chi connectivity index (χ1n) is 7.03. The molecule has 1 aromatic rings. The third-order valence-corrected chi connectivity index (χ3v) is 3.68. The molecule has 1 aromatic carbocycles. The van der Waals surface area contributed by atoms with Crippen molar-refractivity contribution >= 4 is 11.7 Å². The maximum Gasteiger partial charge on any atom is 0.323 e. The lowest BCUT2D eigenvalue weighted by Crippen LogP contribution is -2.52. The third kappa shape index (κ3) is 3.28. The first-order chi connectivity index (χ1) is 9.63. The summed E-state index contributed by atoms with van der Waals surface area (Å²) in [6.07, 6.45) is 0. The van der Waals surface area contributed by atoms with Crippen LogP contribution in [0.25, 0.3) is 0 Å². The first-order valence-corrected chi connectivity index (χ1v) is 7.03. The van der Waals surface area contributed by atoms with Gasteiger partial charge in [0.15, 0.2) is 0 Å². The van der Waals surface area contributed by atoms with Gasteiger partial charge in [0, 0.05) is 26.2 Å². The Balaban J connectivity index is 1.92. The van der Waals surface area contributed by atoms with Crippen LogP contribution in [-0.2, 0) is 9.53 Å². The van der Waals surface area contributed by atoms with E-state index >= 15 is 0 Å². The standard InChI is InChI=1S/C15H21FN2O2/c1-3-20-15(19)12(2)17-8-10-18(11-9-17)14-7-5-4-6-13(14)16/h4-7,12H,3,8-11H2,1-2H3/t12-/m1/s1. The van der Waals surface area contributed by atoms with Crippen LogP contribution in [0.1, 0.15) is 13.8 Å². The van der Waals surface area contributed by atoms with Crippen molar-refractivity contribution < 1.29 is 13.9 Å². The van der Waals surface area contributed by atoms with Crippen molar-refractivity contribution in [2.24, 2.45) is 0 Å². The van der Waals surface area contributed by atoms with Crippen molar-refractivity contribution in [1.82, 2.24) is 4.90 Å². The monoisotopic (exact) mass is 280 g/mol. The number of benzene rings is 1. The summed E-state index contributed by atoms with van der Waals surface area (Å²) in [6.45, 7) is 6.95. The van der Waals surface area contributed by atoms with Gasteiger partial charge in [-0.05, 0) is 26.0 Å². The molecule has 1 fully saturated rings. The van der Waals surface area contributed by atoms with Gasteiger partial charge in [-0.25, -0.2) is 4.39 Å². The second-order valence-electron chi connectivity index (χ2n) is 4.90. The van der Waals surface area contributed by atoms with Gasteiger partial charge in [0.1, 0.15) is 11.9 Å². The molecule has 20 heavy (non-hydrogen) atoms. The average Bonchev–Trinajstić information content (AvgIpc) is 2.47. The molecule has 1 aliphatic heterocycles. The summed E-state index contributed by atoms with van der Waals surface area (Å²) in [5, 5.41) is 0. The predicted octanol–water partition coefficient (Wildman–Crippen LogP) is 1.90. The maximum absolute atomic E-state index is 13.7. The number of para-hydroxylation sites is 1. The largest absolute Gasteiger partial charge is 0.465 e. The van der Waals surface area contributed by atoms with E-state index in [4.69, 9.17) is 4.74 Å². The predicted molar refractivity (Wildman–Crippen MR) is 76.3 cm³/mol. The summed E-state index contributed by atoms with van der Waals surface area (Å²) >= 11 is 0. The van der Waals surface area contributed by atoms with Crippen LogP contribution in [0.2, 0.25) is 0 Å². The number of esters is 1. The fraction of sp³-hybridized carbons (Fsp3) is 0.533. The lowest BCUT2D eigenvalue weighted by Gasteiger charge is -2.38. The molecule has 0 aromatic heterocycles. The molecule has 0 saturated carbocycles. The second-order valence-corrected chi connectivity index (χ2v) is 4.90. The maximum atomic E-state index is 13.7. The molecule has 0 bridgehead atoms. The molecule has 1 aliphatic rings. The molecule has 110 valence electrons. The van der Waals surface area contributed by atoms with Crippen molar-refractivity contribution in [3.05, 3.63) is 30.1 Å². The topological polar surface area (TPSA) is 32.8 Å². The Morgan fingerprint density at radius 1 is 1.30 bits per heavy atom. The van der Waals surface area contributed by atoms with E-state index in [2.05, 4.69) is 4.90 Å². The van der Waals surface area contributed by atoms with Gasteiger partial charge >= 0.3 is 5.97 Å². The number of piperazine rings is 1. The van der Waals surface area contributed by atoms with Crippen molar-refractivity contribution in [3.63, 3.8) is 0 Å². The van der Waals surface area contributed by atoms with E-state index in [9.17, 15) is 9.18 Å². The molecule has 1 atom stereocenters. The average molecular weight is 280 g/mol. The van der Waals surface area contributed by atoms with Crippen LogP contribution < -0.4 is 4.90 Å². The third-order valence-electron chi connectivity index (χ3n) is 3.68. The number of carbonyl (C=O) groups is 1. The van der Waals surface area contributed by atoms with Gasteiger partial charge in [-0.3, -0.25) is 9.69 Å². The van der Waals surface area contributed by atoms with Crippen molar-refractivity contribution in [2.75, 3.05) is 37.7 Å². The zero-order valence-corrected chi connectivity index (χ0v) is 12.0. The number of carbonyl (C=O) groups excluding carboxylic acids is 1. The normalized spacial score (nSPS) is 17.9. The highest BCUT2D eigenvalue weighted by atomic mass is 19.1. The van der Waals surface area contributed by atoms with Crippen LogP contribution >= 0.6 is 0 Å². The van der Waals surface area contributed by atoms with Gasteiger partial charge in [0.25, 0.3) is 0 Å². The summed E-state index contributed by atoms with van der Waals surface area (Å²) in [4.78, 5) is 15.8. The van der Waals surface area contributed by atoms with Crippen LogP contribution in [-0.4, -0.2) is 49.7 Å². The lowest BCUT2D eigenvalue weighted by molar-refractivity contribution is -0.149. The summed E-state index contributed by atoms with van der Waals surface area (Å²) < 4.78 is 18.8. The molecule has 5 heteroatoms. The Labute approximate surface area is 119 Å². The molecule has 0 N–H and O–H groups in total. The van der Waals surface area contributed by atoms with E-state index in [1.165, 1.54) is 6.07 Å². The van der Waals surface area contributed by atoms with Crippen molar-refractivity contribution in [2.45, 2.75) is 19.9 Å². The molecule has 4 nitrogen and oxygen atoms in total. The zero-order chi connectivity index (χ0) is 14.5. The van der Waals surface area contributed by atoms with Crippen LogP contribution in [0.15, 0.2) is 24.3 Å². The van der Waals surface area contributed by atoms with Gasteiger partial charge in [-0.15, -0.1) is 0 Å². The van der Waals surface area contributed by atoms with Gasteiger partial charge in [0.05, 0.1) is 12.3 Å². The Bertz CT molecular complexity index is 459. The highest BCUT2D eigenvalue weighted by Gasteiger charge is 2.27. The fourth-order valence-corrected chi connectivity index (χ4v) is 2.47. The Hall–Kier alpha value is -1.62. The minimum Gasteiger partial charge on any atom is -0.465 e. The molecule has 0 spiro atoms. The summed E-state index contributed by atoms with van der Waals surface area (Å²) in [6, 6.07) is 6.56. The van der Waals surface area contributed by atoms with Crippen molar-refractivity contribution in [3.8, 4) is 0 Å². The highest BCUT2D eigenvalue weighted by Crippen LogP contribution is 2.20. The minimum absolute atomic E-state index is 0.188. The van der Waals surface area contributed by atoms with E-state index in [1.807, 2.05) is 17.9 Å². The number of anilines is 1. The van der Waals surface area contributed by atoms with E-state index in [0.29, 0.717) is 25.4 Å². The van der Waals surface area contributed by atoms with Crippen LogP contribution in [0, 0.1) is 5.82 Å². The number of halogens is 1. The molecule has 1 heterocycles. The van der Waals surface area contributed by atoms with Gasteiger partial charge in [-0.2, -0.15) is 0 Å². The van der Waals surface area contributed by atoms with Crippen LogP contribution in [0.4, 0.5) is 10.1 Å². The van der Waals surface area contributed by atoms with Crippen LogP contribution in [0.5, 0.6) is 0 Å². The highest BCUT2D eigenvalue weighted by molar-refractivity contribution is 5.75. The van der Waals surface area contributed by atoms with Gasteiger partial charge in [0.2, 0.25) is 0 Å². The fourth-order valence-electron chi connectivity index (χ4n) is 2.47. The number of hydrogen-bond acceptors (Lipinski definition) is 4. The molecular formula is C15H21FN2O2. The zero-order valence-electron chi connectivity index (χ0n) is 12.0. The molecule has 0 radical (unpaired) electrons. The van der Waals surface area contributed by atoms with Gasteiger partial charge in [-0.1, -0.05) is 12.1 Å². The second kappa shape index (κ2) is 6.70. The molecule has 0 unspecified atom stereocenters. The molecule has 2 rings (SSSR count).